The summed E-state index contributed by atoms with van der Waals surface area (Å²) in [6.07, 6.45) is 2.39. The Kier molecular flexibility index (Phi) is 3.93. The molecule has 0 amide bonds. The number of carbonyl (C=O) groups excluding carboxylic acids is 2. The number of ether oxygens (including phenoxy) is 2. The molecule has 2 saturated carbocycles. The third-order valence-corrected chi connectivity index (χ3v) is 4.90. The van der Waals surface area contributed by atoms with Gasteiger partial charge in [0, 0.05) is 0 Å². The molecule has 2 aliphatic carbocycles. The Morgan fingerprint density at radius 1 is 1.06 bits per heavy atom. The molecule has 0 aliphatic heterocycles. The van der Waals surface area contributed by atoms with Crippen molar-refractivity contribution in [2.24, 2.45) is 29.6 Å². The SMILES string of the molecule is CCOC(=O)C(=O)OCC1CC2CC1C(C)C2C. The summed E-state index contributed by atoms with van der Waals surface area (Å²) in [5, 5.41) is 0. The summed E-state index contributed by atoms with van der Waals surface area (Å²) in [5.41, 5.74) is 0. The number of hydrogen-bond donors (Lipinski definition) is 0. The van der Waals surface area contributed by atoms with Gasteiger partial charge in [0.05, 0.1) is 13.2 Å². The molecule has 0 heterocycles. The standard InChI is InChI=1S/C14H22O4/c1-4-17-13(15)14(16)18-7-11-5-10-6-12(11)9(3)8(10)2/h8-12H,4-7H2,1-3H3. The van der Waals surface area contributed by atoms with Gasteiger partial charge in [0.1, 0.15) is 0 Å². The first-order valence-corrected chi connectivity index (χ1v) is 6.88. The van der Waals surface area contributed by atoms with E-state index in [1.54, 1.807) is 6.92 Å². The quantitative estimate of drug-likeness (QED) is 0.571. The minimum Gasteiger partial charge on any atom is -0.458 e. The largest absolute Gasteiger partial charge is 0.458 e. The van der Waals surface area contributed by atoms with E-state index in [9.17, 15) is 9.59 Å². The van der Waals surface area contributed by atoms with Gasteiger partial charge in [0.25, 0.3) is 0 Å². The van der Waals surface area contributed by atoms with Gasteiger partial charge >= 0.3 is 11.9 Å². The van der Waals surface area contributed by atoms with Gasteiger partial charge in [-0.1, -0.05) is 13.8 Å². The van der Waals surface area contributed by atoms with E-state index in [0.29, 0.717) is 24.4 Å². The first-order valence-electron chi connectivity index (χ1n) is 6.88. The van der Waals surface area contributed by atoms with Gasteiger partial charge in [-0.25, -0.2) is 9.59 Å². The molecule has 5 unspecified atom stereocenters. The summed E-state index contributed by atoms with van der Waals surface area (Å²) in [4.78, 5) is 22.5. The van der Waals surface area contributed by atoms with Crippen molar-refractivity contribution in [1.29, 1.82) is 0 Å². The normalized spacial score (nSPS) is 37.6. The highest BCUT2D eigenvalue weighted by Gasteiger charge is 2.48. The molecule has 0 N–H and O–H groups in total. The zero-order chi connectivity index (χ0) is 13.3. The van der Waals surface area contributed by atoms with E-state index >= 15 is 0 Å². The highest BCUT2D eigenvalue weighted by Crippen LogP contribution is 2.54. The molecule has 0 spiro atoms. The van der Waals surface area contributed by atoms with Crippen molar-refractivity contribution in [3.63, 3.8) is 0 Å². The highest BCUT2D eigenvalue weighted by molar-refractivity contribution is 6.29. The van der Waals surface area contributed by atoms with Crippen LogP contribution in [-0.4, -0.2) is 25.2 Å². The zero-order valence-corrected chi connectivity index (χ0v) is 11.3. The molecule has 4 nitrogen and oxygen atoms in total. The Hall–Kier alpha value is -1.06. The molecule has 18 heavy (non-hydrogen) atoms. The van der Waals surface area contributed by atoms with Crippen LogP contribution in [0.1, 0.15) is 33.6 Å². The second kappa shape index (κ2) is 5.29. The van der Waals surface area contributed by atoms with E-state index < -0.39 is 11.9 Å². The third-order valence-electron chi connectivity index (χ3n) is 4.90. The van der Waals surface area contributed by atoms with Crippen molar-refractivity contribution in [3.05, 3.63) is 0 Å². The van der Waals surface area contributed by atoms with Crippen LogP contribution >= 0.6 is 0 Å². The molecule has 2 rings (SSSR count). The Labute approximate surface area is 108 Å². The lowest BCUT2D eigenvalue weighted by Crippen LogP contribution is -2.30. The summed E-state index contributed by atoms with van der Waals surface area (Å²) in [6, 6.07) is 0. The van der Waals surface area contributed by atoms with Crippen LogP contribution in [0.4, 0.5) is 0 Å². The van der Waals surface area contributed by atoms with Crippen molar-refractivity contribution < 1.29 is 19.1 Å². The van der Waals surface area contributed by atoms with E-state index in [2.05, 4.69) is 18.6 Å². The van der Waals surface area contributed by atoms with E-state index in [1.165, 1.54) is 6.42 Å². The first-order chi connectivity index (χ1) is 8.54. The smallest absolute Gasteiger partial charge is 0.417 e. The fourth-order valence-electron chi connectivity index (χ4n) is 3.72. The minimum absolute atomic E-state index is 0.205. The van der Waals surface area contributed by atoms with Crippen LogP contribution < -0.4 is 0 Å². The average molecular weight is 254 g/mol. The van der Waals surface area contributed by atoms with Crippen molar-refractivity contribution in [2.75, 3.05) is 13.2 Å². The van der Waals surface area contributed by atoms with E-state index in [0.717, 1.165) is 18.3 Å². The van der Waals surface area contributed by atoms with Crippen LogP contribution in [0.2, 0.25) is 0 Å². The minimum atomic E-state index is -0.873. The summed E-state index contributed by atoms with van der Waals surface area (Å²) in [6.45, 7) is 6.85. The van der Waals surface area contributed by atoms with E-state index in [1.807, 2.05) is 0 Å². The average Bonchev–Trinajstić information content (AvgIpc) is 2.88. The second-order valence-electron chi connectivity index (χ2n) is 5.69. The maximum Gasteiger partial charge on any atom is 0.417 e. The van der Waals surface area contributed by atoms with Gasteiger partial charge < -0.3 is 9.47 Å². The molecule has 2 fully saturated rings. The van der Waals surface area contributed by atoms with E-state index in [4.69, 9.17) is 4.74 Å². The zero-order valence-electron chi connectivity index (χ0n) is 11.3. The van der Waals surface area contributed by atoms with Gasteiger partial charge in [-0.15, -0.1) is 0 Å². The van der Waals surface area contributed by atoms with Gasteiger partial charge in [-0.3, -0.25) is 0 Å². The molecule has 2 bridgehead atoms. The van der Waals surface area contributed by atoms with Gasteiger partial charge in [-0.2, -0.15) is 0 Å². The molecule has 0 aromatic carbocycles. The lowest BCUT2D eigenvalue weighted by Gasteiger charge is -2.31. The van der Waals surface area contributed by atoms with Crippen LogP contribution in [-0.2, 0) is 19.1 Å². The molecule has 2 aliphatic rings. The lowest BCUT2D eigenvalue weighted by molar-refractivity contribution is -0.168. The van der Waals surface area contributed by atoms with Gasteiger partial charge in [0.15, 0.2) is 0 Å². The predicted octanol–water partition coefficient (Wildman–Crippen LogP) is 2.02. The number of rotatable bonds is 3. The Bertz CT molecular complexity index is 337. The van der Waals surface area contributed by atoms with Gasteiger partial charge in [0.2, 0.25) is 0 Å². The molecule has 0 saturated heterocycles. The lowest BCUT2D eigenvalue weighted by atomic mass is 9.76. The topological polar surface area (TPSA) is 52.6 Å². The maximum absolute atomic E-state index is 11.3. The van der Waals surface area contributed by atoms with Crippen LogP contribution in [0.5, 0.6) is 0 Å². The number of carbonyl (C=O) groups is 2. The second-order valence-corrected chi connectivity index (χ2v) is 5.69. The van der Waals surface area contributed by atoms with Crippen LogP contribution in [0.15, 0.2) is 0 Å². The summed E-state index contributed by atoms with van der Waals surface area (Å²) in [7, 11) is 0. The van der Waals surface area contributed by atoms with Crippen molar-refractivity contribution in [1.82, 2.24) is 0 Å². The maximum atomic E-state index is 11.3. The number of esters is 2. The molecule has 0 aromatic heterocycles. The van der Waals surface area contributed by atoms with Crippen LogP contribution in [0, 0.1) is 29.6 Å². The van der Waals surface area contributed by atoms with Crippen molar-refractivity contribution >= 4 is 11.9 Å². The molecule has 4 heteroatoms. The molecule has 0 aromatic rings. The van der Waals surface area contributed by atoms with Crippen molar-refractivity contribution in [2.45, 2.75) is 33.6 Å². The fraction of sp³-hybridized carbons (Fsp3) is 0.857. The molecule has 102 valence electrons. The predicted molar refractivity (Wildman–Crippen MR) is 65.6 cm³/mol. The number of hydrogen-bond acceptors (Lipinski definition) is 4. The Balaban J connectivity index is 1.79. The third kappa shape index (κ3) is 2.38. The Morgan fingerprint density at radius 2 is 1.72 bits per heavy atom. The van der Waals surface area contributed by atoms with E-state index in [-0.39, 0.29) is 6.61 Å². The summed E-state index contributed by atoms with van der Waals surface area (Å²) >= 11 is 0. The molecule has 0 radical (unpaired) electrons. The molecular formula is C14H22O4. The fourth-order valence-corrected chi connectivity index (χ4v) is 3.72. The highest BCUT2D eigenvalue weighted by atomic mass is 16.6. The summed E-state index contributed by atoms with van der Waals surface area (Å²) < 4.78 is 9.67. The van der Waals surface area contributed by atoms with Crippen LogP contribution in [0.3, 0.4) is 0 Å². The molecular weight excluding hydrogens is 232 g/mol. The Morgan fingerprint density at radius 3 is 2.28 bits per heavy atom. The van der Waals surface area contributed by atoms with Crippen molar-refractivity contribution in [3.8, 4) is 0 Å². The number of fused-ring (bicyclic) bond motifs is 2. The molecule has 5 atom stereocenters. The van der Waals surface area contributed by atoms with Gasteiger partial charge in [-0.05, 0) is 49.4 Å². The van der Waals surface area contributed by atoms with Crippen LogP contribution in [0.25, 0.3) is 0 Å². The summed E-state index contributed by atoms with van der Waals surface area (Å²) in [5.74, 6) is 1.63. The monoisotopic (exact) mass is 254 g/mol. The first kappa shape index (κ1) is 13.4.